The molecule has 31 heavy (non-hydrogen) atoms. The van der Waals surface area contributed by atoms with Gasteiger partial charge < -0.3 is 19.5 Å². The molecule has 1 N–H and O–H groups in total. The van der Waals surface area contributed by atoms with E-state index in [4.69, 9.17) is 21.1 Å². The third-order valence-corrected chi connectivity index (χ3v) is 7.65. The Morgan fingerprint density at radius 2 is 2.10 bits per heavy atom. The van der Waals surface area contributed by atoms with Crippen LogP contribution >= 0.6 is 11.6 Å². The number of anilines is 1. The number of ether oxygens (including phenoxy) is 2. The lowest BCUT2D eigenvalue weighted by Crippen LogP contribution is -2.61. The average Bonchev–Trinajstić information content (AvgIpc) is 3.25. The molecule has 0 aromatic heterocycles. The molecule has 4 fully saturated rings. The number of fused-ring (bicyclic) bond motifs is 2. The minimum Gasteiger partial charge on any atom is -0.465 e. The monoisotopic (exact) mass is 460 g/mol. The van der Waals surface area contributed by atoms with Crippen LogP contribution in [-0.4, -0.2) is 59.1 Å². The number of carbonyl (C=O) groups excluding carboxylic acids is 1. The van der Waals surface area contributed by atoms with Gasteiger partial charge in [0.2, 0.25) is 5.91 Å². The number of alkyl halides is 3. The number of nitrogens with zero attached hydrogens (tertiary/aromatic N) is 2. The highest BCUT2D eigenvalue weighted by Gasteiger charge is 2.79. The van der Waals surface area contributed by atoms with Crippen molar-refractivity contribution in [1.29, 1.82) is 0 Å². The first kappa shape index (κ1) is 20.8. The van der Waals surface area contributed by atoms with Crippen LogP contribution in [0.25, 0.3) is 0 Å². The number of amides is 2. The van der Waals surface area contributed by atoms with Gasteiger partial charge in [0.15, 0.2) is 0 Å². The summed E-state index contributed by atoms with van der Waals surface area (Å²) in [6, 6.07) is 2.87. The van der Waals surface area contributed by atoms with E-state index in [1.54, 1.807) is 6.92 Å². The van der Waals surface area contributed by atoms with Crippen LogP contribution in [0.1, 0.15) is 25.3 Å². The maximum atomic E-state index is 13.5. The van der Waals surface area contributed by atoms with Crippen LogP contribution in [-0.2, 0) is 20.4 Å². The van der Waals surface area contributed by atoms with Crippen molar-refractivity contribution in [2.75, 3.05) is 18.6 Å². The topological polar surface area (TPSA) is 79.3 Å². The van der Waals surface area contributed by atoms with E-state index >= 15 is 0 Å². The van der Waals surface area contributed by atoms with Crippen molar-refractivity contribution in [1.82, 2.24) is 4.90 Å². The Morgan fingerprint density at radius 3 is 2.74 bits per heavy atom. The molecule has 4 heterocycles. The molecule has 168 valence electrons. The number of carbonyl (C=O) groups is 2. The first-order valence-electron chi connectivity index (χ1n) is 9.88. The van der Waals surface area contributed by atoms with Crippen LogP contribution in [0.5, 0.6) is 0 Å². The molecule has 11 heteroatoms. The second-order valence-electron chi connectivity index (χ2n) is 8.87. The van der Waals surface area contributed by atoms with Crippen LogP contribution in [0.3, 0.4) is 0 Å². The van der Waals surface area contributed by atoms with Gasteiger partial charge in [0.25, 0.3) is 0 Å². The summed E-state index contributed by atoms with van der Waals surface area (Å²) < 4.78 is 52.5. The van der Waals surface area contributed by atoms with Gasteiger partial charge in [-0.15, -0.1) is 0 Å². The van der Waals surface area contributed by atoms with E-state index in [1.807, 2.05) is 0 Å². The number of hydrogen-bond acceptors (Lipinski definition) is 4. The lowest BCUT2D eigenvalue weighted by Gasteiger charge is -2.47. The number of benzene rings is 1. The number of likely N-dealkylation sites (N-methyl/N-ethyl adjacent to an activating group) is 1. The van der Waals surface area contributed by atoms with Gasteiger partial charge in [0, 0.05) is 25.6 Å². The molecule has 0 saturated carbocycles. The Hall–Kier alpha value is -2.04. The van der Waals surface area contributed by atoms with Crippen molar-refractivity contribution < 1.29 is 37.3 Å². The van der Waals surface area contributed by atoms with Gasteiger partial charge in [-0.1, -0.05) is 11.6 Å². The van der Waals surface area contributed by atoms with Crippen molar-refractivity contribution in [3.05, 3.63) is 28.8 Å². The zero-order chi connectivity index (χ0) is 22.5. The molecule has 7 nitrogen and oxygen atoms in total. The molecule has 4 saturated heterocycles. The van der Waals surface area contributed by atoms with E-state index in [-0.39, 0.29) is 18.2 Å². The van der Waals surface area contributed by atoms with Gasteiger partial charge in [-0.3, -0.25) is 9.69 Å². The van der Waals surface area contributed by atoms with Crippen molar-refractivity contribution in [2.24, 2.45) is 11.8 Å². The summed E-state index contributed by atoms with van der Waals surface area (Å²) in [7, 11) is 1.47. The Labute approximate surface area is 180 Å². The summed E-state index contributed by atoms with van der Waals surface area (Å²) >= 11 is 5.75. The van der Waals surface area contributed by atoms with Crippen molar-refractivity contribution in [3.63, 3.8) is 0 Å². The molecule has 1 aromatic rings. The van der Waals surface area contributed by atoms with E-state index in [2.05, 4.69) is 0 Å². The van der Waals surface area contributed by atoms with E-state index < -0.39 is 58.2 Å². The third-order valence-electron chi connectivity index (χ3n) is 7.32. The highest BCUT2D eigenvalue weighted by molar-refractivity contribution is 6.31. The smallest absolute Gasteiger partial charge is 0.417 e. The maximum Gasteiger partial charge on any atom is 0.417 e. The zero-order valence-electron chi connectivity index (χ0n) is 16.6. The Morgan fingerprint density at radius 1 is 1.39 bits per heavy atom. The fourth-order valence-corrected chi connectivity index (χ4v) is 6.38. The molecule has 1 spiro atoms. The Kier molecular flexibility index (Phi) is 4.21. The van der Waals surface area contributed by atoms with Gasteiger partial charge in [-0.2, -0.15) is 13.2 Å². The molecule has 4 aliphatic heterocycles. The molecular weight excluding hydrogens is 441 g/mol. The fourth-order valence-electron chi connectivity index (χ4n) is 6.15. The van der Waals surface area contributed by atoms with Gasteiger partial charge in [0.1, 0.15) is 6.23 Å². The zero-order valence-corrected chi connectivity index (χ0v) is 17.4. The number of hydrogen-bond donors (Lipinski definition) is 1. The second kappa shape index (κ2) is 6.26. The van der Waals surface area contributed by atoms with E-state index in [1.165, 1.54) is 22.9 Å². The number of carboxylic acid groups (broad SMARTS) is 1. The third kappa shape index (κ3) is 2.61. The SMILES string of the molecule is CN(C(=O)O)[C@@H]1C[C@]2(C)O[C@]13CCO[C@@H]1[C@H]3[C@H]2C(=O)N1c1ccc(Cl)c(C(F)(F)F)c1. The van der Waals surface area contributed by atoms with Crippen LogP contribution < -0.4 is 4.90 Å². The number of halogens is 4. The molecule has 0 unspecified atom stereocenters. The van der Waals surface area contributed by atoms with Crippen LogP contribution in [0.4, 0.5) is 23.7 Å². The molecule has 1 aromatic carbocycles. The van der Waals surface area contributed by atoms with E-state index in [0.29, 0.717) is 12.8 Å². The summed E-state index contributed by atoms with van der Waals surface area (Å²) in [5.74, 6) is -1.52. The van der Waals surface area contributed by atoms with Crippen LogP contribution in [0.2, 0.25) is 5.02 Å². The predicted molar refractivity (Wildman–Crippen MR) is 102 cm³/mol. The highest BCUT2D eigenvalue weighted by Crippen LogP contribution is 2.66. The summed E-state index contributed by atoms with van der Waals surface area (Å²) in [4.78, 5) is 27.6. The lowest BCUT2D eigenvalue weighted by molar-refractivity contribution is -0.151. The minimum absolute atomic E-state index is 0.0457. The quantitative estimate of drug-likeness (QED) is 0.729. The Balaban J connectivity index is 1.60. The largest absolute Gasteiger partial charge is 0.465 e. The summed E-state index contributed by atoms with van der Waals surface area (Å²) in [5, 5.41) is 9.09. The van der Waals surface area contributed by atoms with Gasteiger partial charge in [0.05, 0.1) is 46.3 Å². The Bertz CT molecular complexity index is 990. The van der Waals surface area contributed by atoms with Gasteiger partial charge >= 0.3 is 12.3 Å². The predicted octanol–water partition coefficient (Wildman–Crippen LogP) is 3.59. The summed E-state index contributed by atoms with van der Waals surface area (Å²) in [5.41, 5.74) is -2.85. The summed E-state index contributed by atoms with van der Waals surface area (Å²) in [6.07, 6.45) is -5.90. The molecule has 2 bridgehead atoms. The molecule has 0 aliphatic carbocycles. The maximum absolute atomic E-state index is 13.5. The van der Waals surface area contributed by atoms with Crippen LogP contribution in [0.15, 0.2) is 18.2 Å². The molecular formula is C20H20ClF3N2O5. The van der Waals surface area contributed by atoms with Gasteiger partial charge in [-0.05, 0) is 25.1 Å². The minimum atomic E-state index is -4.68. The van der Waals surface area contributed by atoms with Crippen LogP contribution in [0, 0.1) is 11.8 Å². The molecule has 5 rings (SSSR count). The van der Waals surface area contributed by atoms with Crippen molar-refractivity contribution in [2.45, 2.75) is 49.4 Å². The molecule has 0 radical (unpaired) electrons. The second-order valence-corrected chi connectivity index (χ2v) is 9.28. The lowest BCUT2D eigenvalue weighted by atomic mass is 9.63. The fraction of sp³-hybridized carbons (Fsp3) is 0.600. The normalized spacial score (nSPS) is 38.5. The molecule has 4 aliphatic rings. The highest BCUT2D eigenvalue weighted by atomic mass is 35.5. The average molecular weight is 461 g/mol. The molecule has 2 amide bonds. The first-order chi connectivity index (χ1) is 14.4. The van der Waals surface area contributed by atoms with Gasteiger partial charge in [-0.25, -0.2) is 4.79 Å². The van der Waals surface area contributed by atoms with Crippen molar-refractivity contribution >= 4 is 29.3 Å². The molecule has 6 atom stereocenters. The first-order valence-corrected chi connectivity index (χ1v) is 10.3. The van der Waals surface area contributed by atoms with E-state index in [0.717, 1.165) is 12.1 Å². The number of rotatable bonds is 2. The van der Waals surface area contributed by atoms with Crippen molar-refractivity contribution in [3.8, 4) is 0 Å². The standard InChI is InChI=1S/C20H20ClF3N2O5/c1-18-8-12(25(2)17(28)29)19(31-18)5-6-30-16-14(19)13(18)15(27)26(16)9-3-4-11(21)10(7-9)20(22,23)24/h3-4,7,12-14,16H,5-6,8H2,1-2H3,(H,28,29)/t12-,13+,14-,16-,18+,19-/m1/s1. The van der Waals surface area contributed by atoms with E-state index in [9.17, 15) is 27.9 Å². The summed E-state index contributed by atoms with van der Waals surface area (Å²) in [6.45, 7) is 1.96.